The number of hydrogen-bond acceptors (Lipinski definition) is 5. The third-order valence-corrected chi connectivity index (χ3v) is 3.43. The lowest BCUT2D eigenvalue weighted by Gasteiger charge is -2.12. The predicted molar refractivity (Wildman–Crippen MR) is 74.5 cm³/mol. The molecule has 0 bridgehead atoms. The highest BCUT2D eigenvalue weighted by Gasteiger charge is 2.28. The molecular weight excluding hydrogens is 254 g/mol. The minimum Gasteiger partial charge on any atom is -0.483 e. The van der Waals surface area contributed by atoms with E-state index < -0.39 is 0 Å². The summed E-state index contributed by atoms with van der Waals surface area (Å²) >= 11 is 0. The molecule has 1 fully saturated rings. The maximum atomic E-state index is 5.88. The molecule has 1 aromatic heterocycles. The average molecular weight is 273 g/mol. The molecule has 5 heteroatoms. The summed E-state index contributed by atoms with van der Waals surface area (Å²) < 4.78 is 11.1. The summed E-state index contributed by atoms with van der Waals surface area (Å²) in [5, 5.41) is 7.14. The molecule has 2 aromatic rings. The van der Waals surface area contributed by atoms with Gasteiger partial charge in [-0.15, -0.1) is 0 Å². The quantitative estimate of drug-likeness (QED) is 0.876. The first-order valence-electron chi connectivity index (χ1n) is 6.96. The summed E-state index contributed by atoms with van der Waals surface area (Å²) in [7, 11) is 1.92. The minimum absolute atomic E-state index is 0.321. The van der Waals surface area contributed by atoms with Crippen LogP contribution in [0.15, 0.2) is 22.7 Å². The maximum Gasteiger partial charge on any atom is 0.264 e. The van der Waals surface area contributed by atoms with E-state index in [1.54, 1.807) is 0 Å². The van der Waals surface area contributed by atoms with Gasteiger partial charge in [0, 0.05) is 18.0 Å². The molecule has 1 N–H and O–H groups in total. The summed E-state index contributed by atoms with van der Waals surface area (Å²) in [6.45, 7) is 3.13. The van der Waals surface area contributed by atoms with Crippen molar-refractivity contribution in [2.24, 2.45) is 0 Å². The Morgan fingerprint density at radius 3 is 3.00 bits per heavy atom. The van der Waals surface area contributed by atoms with Crippen LogP contribution in [-0.2, 0) is 13.2 Å². The molecule has 3 rings (SSSR count). The molecule has 1 heterocycles. The van der Waals surface area contributed by atoms with Gasteiger partial charge in [0.2, 0.25) is 0 Å². The highest BCUT2D eigenvalue weighted by molar-refractivity contribution is 5.40. The van der Waals surface area contributed by atoms with Gasteiger partial charge < -0.3 is 14.6 Å². The van der Waals surface area contributed by atoms with Crippen LogP contribution < -0.4 is 10.1 Å². The zero-order chi connectivity index (χ0) is 13.9. The van der Waals surface area contributed by atoms with Crippen molar-refractivity contribution in [2.75, 3.05) is 7.05 Å². The highest BCUT2D eigenvalue weighted by atomic mass is 16.5. The predicted octanol–water partition coefficient (Wildman–Crippen LogP) is 2.55. The van der Waals surface area contributed by atoms with Gasteiger partial charge >= 0.3 is 0 Å². The van der Waals surface area contributed by atoms with E-state index in [4.69, 9.17) is 9.26 Å². The van der Waals surface area contributed by atoms with Gasteiger partial charge in [-0.25, -0.2) is 0 Å². The Bertz CT molecular complexity index is 591. The van der Waals surface area contributed by atoms with Crippen molar-refractivity contribution in [3.8, 4) is 5.75 Å². The zero-order valence-corrected chi connectivity index (χ0v) is 11.8. The molecule has 0 unspecified atom stereocenters. The van der Waals surface area contributed by atoms with Crippen molar-refractivity contribution in [1.82, 2.24) is 15.5 Å². The lowest BCUT2D eigenvalue weighted by molar-refractivity contribution is 0.239. The van der Waals surface area contributed by atoms with Crippen LogP contribution in [0.25, 0.3) is 0 Å². The Morgan fingerprint density at radius 2 is 2.25 bits per heavy atom. The van der Waals surface area contributed by atoms with E-state index in [-0.39, 0.29) is 0 Å². The second-order valence-corrected chi connectivity index (χ2v) is 5.20. The van der Waals surface area contributed by atoms with Gasteiger partial charge in [-0.05, 0) is 32.4 Å². The Kier molecular flexibility index (Phi) is 3.69. The molecule has 1 aliphatic rings. The Balaban J connectivity index is 1.70. The van der Waals surface area contributed by atoms with Crippen LogP contribution in [-0.4, -0.2) is 17.2 Å². The third kappa shape index (κ3) is 2.82. The third-order valence-electron chi connectivity index (χ3n) is 3.43. The number of aryl methyl sites for hydroxylation is 1. The summed E-state index contributed by atoms with van der Waals surface area (Å²) in [5.74, 6) is 2.77. The van der Waals surface area contributed by atoms with Crippen molar-refractivity contribution in [3.05, 3.63) is 41.0 Å². The van der Waals surface area contributed by atoms with Crippen LogP contribution in [0.3, 0.4) is 0 Å². The van der Waals surface area contributed by atoms with E-state index in [1.165, 1.54) is 12.8 Å². The summed E-state index contributed by atoms with van der Waals surface area (Å²) in [6.07, 6.45) is 2.34. The largest absolute Gasteiger partial charge is 0.483 e. The van der Waals surface area contributed by atoms with Crippen molar-refractivity contribution in [2.45, 2.75) is 38.8 Å². The monoisotopic (exact) mass is 273 g/mol. The number of ether oxygens (including phenoxy) is 1. The van der Waals surface area contributed by atoms with Gasteiger partial charge in [-0.1, -0.05) is 23.4 Å². The molecule has 20 heavy (non-hydrogen) atoms. The van der Waals surface area contributed by atoms with Crippen LogP contribution in [0.2, 0.25) is 0 Å². The van der Waals surface area contributed by atoms with Crippen LogP contribution >= 0.6 is 0 Å². The Labute approximate surface area is 118 Å². The van der Waals surface area contributed by atoms with Crippen molar-refractivity contribution in [1.29, 1.82) is 0 Å². The standard InChI is InChI=1S/C15H19N3O2/c1-10-4-3-5-12(8-16-2)14(10)19-9-13-17-15(18-20-13)11-6-7-11/h3-5,11,16H,6-9H2,1-2H3. The van der Waals surface area contributed by atoms with Gasteiger partial charge in [0.25, 0.3) is 5.89 Å². The van der Waals surface area contributed by atoms with Crippen molar-refractivity contribution in [3.63, 3.8) is 0 Å². The topological polar surface area (TPSA) is 60.2 Å². The fourth-order valence-corrected chi connectivity index (χ4v) is 2.22. The molecule has 0 atom stereocenters. The second kappa shape index (κ2) is 5.63. The number of para-hydroxylation sites is 1. The van der Waals surface area contributed by atoms with E-state index in [0.29, 0.717) is 18.4 Å². The van der Waals surface area contributed by atoms with Gasteiger partial charge in [0.1, 0.15) is 5.75 Å². The molecular formula is C15H19N3O2. The molecule has 1 aliphatic carbocycles. The number of benzene rings is 1. The first kappa shape index (κ1) is 13.1. The molecule has 106 valence electrons. The Hall–Kier alpha value is -1.88. The molecule has 0 aliphatic heterocycles. The fourth-order valence-electron chi connectivity index (χ4n) is 2.22. The smallest absolute Gasteiger partial charge is 0.264 e. The van der Waals surface area contributed by atoms with Gasteiger partial charge in [0.05, 0.1) is 0 Å². The SMILES string of the molecule is CNCc1cccc(C)c1OCc1nc(C2CC2)no1. The highest BCUT2D eigenvalue weighted by Crippen LogP contribution is 2.38. The molecule has 5 nitrogen and oxygen atoms in total. The second-order valence-electron chi connectivity index (χ2n) is 5.20. The number of nitrogens with one attached hydrogen (secondary N) is 1. The van der Waals surface area contributed by atoms with Crippen molar-refractivity contribution >= 4 is 0 Å². The van der Waals surface area contributed by atoms with E-state index in [1.807, 2.05) is 26.1 Å². The average Bonchev–Trinajstić information content (AvgIpc) is 3.18. The zero-order valence-electron chi connectivity index (χ0n) is 11.8. The molecule has 1 aromatic carbocycles. The van der Waals surface area contributed by atoms with E-state index >= 15 is 0 Å². The Morgan fingerprint density at radius 1 is 1.40 bits per heavy atom. The minimum atomic E-state index is 0.321. The number of nitrogens with zero attached hydrogens (tertiary/aromatic N) is 2. The van der Waals surface area contributed by atoms with Crippen LogP contribution in [0.1, 0.15) is 41.6 Å². The first-order chi connectivity index (χ1) is 9.78. The fraction of sp³-hybridized carbons (Fsp3) is 0.467. The van der Waals surface area contributed by atoms with Crippen LogP contribution in [0.4, 0.5) is 0 Å². The molecule has 0 saturated heterocycles. The van der Waals surface area contributed by atoms with Gasteiger partial charge in [-0.3, -0.25) is 0 Å². The number of aromatic nitrogens is 2. The molecule has 0 amide bonds. The van der Waals surface area contributed by atoms with Crippen LogP contribution in [0, 0.1) is 6.92 Å². The first-order valence-corrected chi connectivity index (χ1v) is 6.96. The van der Waals surface area contributed by atoms with E-state index in [9.17, 15) is 0 Å². The molecule has 1 saturated carbocycles. The normalized spacial score (nSPS) is 14.5. The van der Waals surface area contributed by atoms with E-state index in [2.05, 4.69) is 21.5 Å². The number of hydrogen-bond donors (Lipinski definition) is 1. The number of rotatable bonds is 6. The summed E-state index contributed by atoms with van der Waals surface area (Å²) in [6, 6.07) is 6.13. The molecule has 0 spiro atoms. The van der Waals surface area contributed by atoms with E-state index in [0.717, 1.165) is 29.2 Å². The van der Waals surface area contributed by atoms with Crippen molar-refractivity contribution < 1.29 is 9.26 Å². The van der Waals surface area contributed by atoms with Crippen LogP contribution in [0.5, 0.6) is 5.75 Å². The maximum absolute atomic E-state index is 5.88. The lowest BCUT2D eigenvalue weighted by atomic mass is 10.1. The molecule has 0 radical (unpaired) electrons. The summed E-state index contributed by atoms with van der Waals surface area (Å²) in [4.78, 5) is 4.37. The summed E-state index contributed by atoms with van der Waals surface area (Å²) in [5.41, 5.74) is 2.24. The van der Waals surface area contributed by atoms with Gasteiger partial charge in [0.15, 0.2) is 12.4 Å². The lowest BCUT2D eigenvalue weighted by Crippen LogP contribution is -2.08. The van der Waals surface area contributed by atoms with Gasteiger partial charge in [-0.2, -0.15) is 4.98 Å².